The summed E-state index contributed by atoms with van der Waals surface area (Å²) in [5.74, 6) is -0.0654. The van der Waals surface area contributed by atoms with Crippen LogP contribution in [0.1, 0.15) is 41.4 Å². The van der Waals surface area contributed by atoms with E-state index >= 15 is 0 Å². The fraction of sp³-hybridized carbons (Fsp3) is 0.455. The predicted octanol–water partition coefficient (Wildman–Crippen LogP) is 2.35. The molecule has 1 saturated heterocycles. The highest BCUT2D eigenvalue weighted by molar-refractivity contribution is 5.96. The van der Waals surface area contributed by atoms with Gasteiger partial charge in [0.15, 0.2) is 5.76 Å². The van der Waals surface area contributed by atoms with Gasteiger partial charge in [0, 0.05) is 19.5 Å². The highest BCUT2D eigenvalue weighted by atomic mass is 16.3. The second-order valence-electron chi connectivity index (χ2n) is 8.18. The minimum absolute atomic E-state index is 0.0887. The lowest BCUT2D eigenvalue weighted by atomic mass is 9.81. The van der Waals surface area contributed by atoms with E-state index in [1.54, 1.807) is 17.0 Å². The zero-order valence-corrected chi connectivity index (χ0v) is 16.2. The molecule has 0 aliphatic carbocycles. The van der Waals surface area contributed by atoms with Gasteiger partial charge in [-0.05, 0) is 54.6 Å². The van der Waals surface area contributed by atoms with E-state index in [2.05, 4.69) is 17.6 Å². The van der Waals surface area contributed by atoms with Gasteiger partial charge in [0.2, 0.25) is 5.91 Å². The van der Waals surface area contributed by atoms with Gasteiger partial charge in [-0.3, -0.25) is 9.59 Å². The van der Waals surface area contributed by atoms with E-state index in [0.717, 1.165) is 37.1 Å². The largest absolute Gasteiger partial charge is 0.459 e. The molecule has 0 bridgehead atoms. The number of carbonyl (C=O) groups excluding carboxylic acids is 2. The Hall–Kier alpha value is -2.60. The highest BCUT2D eigenvalue weighted by Gasteiger charge is 2.37. The van der Waals surface area contributed by atoms with Crippen LogP contribution in [-0.4, -0.2) is 42.4 Å². The van der Waals surface area contributed by atoms with Crippen LogP contribution in [0.5, 0.6) is 0 Å². The van der Waals surface area contributed by atoms with E-state index in [1.807, 2.05) is 24.3 Å². The molecule has 1 atom stereocenters. The fourth-order valence-electron chi connectivity index (χ4n) is 4.14. The first-order chi connectivity index (χ1) is 13.6. The normalized spacial score (nSPS) is 21.0. The maximum absolute atomic E-state index is 13.1. The zero-order chi connectivity index (χ0) is 19.6. The van der Waals surface area contributed by atoms with Crippen molar-refractivity contribution in [3.8, 4) is 0 Å². The van der Waals surface area contributed by atoms with Crippen LogP contribution < -0.4 is 10.6 Å². The van der Waals surface area contributed by atoms with Gasteiger partial charge in [-0.1, -0.05) is 31.2 Å². The van der Waals surface area contributed by atoms with E-state index in [-0.39, 0.29) is 23.0 Å². The maximum atomic E-state index is 13.1. The van der Waals surface area contributed by atoms with Crippen molar-refractivity contribution in [2.24, 2.45) is 5.41 Å². The first-order valence-corrected chi connectivity index (χ1v) is 9.95. The van der Waals surface area contributed by atoms with Crippen molar-refractivity contribution in [2.75, 3.05) is 19.6 Å². The molecule has 0 spiro atoms. The molecule has 2 aliphatic heterocycles. The van der Waals surface area contributed by atoms with Gasteiger partial charge in [-0.25, -0.2) is 0 Å². The highest BCUT2D eigenvalue weighted by Crippen LogP contribution is 2.28. The number of nitrogens with zero attached hydrogens (tertiary/aromatic N) is 1. The third kappa shape index (κ3) is 3.83. The van der Waals surface area contributed by atoms with Crippen molar-refractivity contribution in [2.45, 2.75) is 38.8 Å². The standard InChI is InChI=1S/C22H27N3O3/c1-22(8-10-23-11-9-22)15-24-20(26)18-13-16-5-2-3-6-17(16)14-25(18)21(27)19-7-4-12-28-19/h2-7,12,18,23H,8-11,13-15H2,1H3,(H,24,26). The molecule has 3 heterocycles. The van der Waals surface area contributed by atoms with Gasteiger partial charge in [-0.2, -0.15) is 0 Å². The van der Waals surface area contributed by atoms with E-state index < -0.39 is 6.04 Å². The minimum Gasteiger partial charge on any atom is -0.459 e. The Morgan fingerprint density at radius 2 is 1.93 bits per heavy atom. The molecule has 0 radical (unpaired) electrons. The molecule has 2 aliphatic rings. The third-order valence-electron chi connectivity index (χ3n) is 6.04. The molecule has 148 valence electrons. The Balaban J connectivity index is 1.53. The van der Waals surface area contributed by atoms with Crippen LogP contribution >= 0.6 is 0 Å². The summed E-state index contributed by atoms with van der Waals surface area (Å²) in [6.07, 6.45) is 4.08. The van der Waals surface area contributed by atoms with Gasteiger partial charge in [-0.15, -0.1) is 0 Å². The average Bonchev–Trinajstić information content (AvgIpc) is 3.26. The number of benzene rings is 1. The molecule has 1 aromatic heterocycles. The average molecular weight is 381 g/mol. The van der Waals surface area contributed by atoms with E-state index in [0.29, 0.717) is 19.5 Å². The molecule has 1 fully saturated rings. The molecule has 28 heavy (non-hydrogen) atoms. The molecule has 4 rings (SSSR count). The molecule has 1 unspecified atom stereocenters. The lowest BCUT2D eigenvalue weighted by Gasteiger charge is -2.38. The lowest BCUT2D eigenvalue weighted by molar-refractivity contribution is -0.126. The van der Waals surface area contributed by atoms with Crippen LogP contribution in [0, 0.1) is 5.41 Å². The monoisotopic (exact) mass is 381 g/mol. The van der Waals surface area contributed by atoms with Crippen molar-refractivity contribution >= 4 is 11.8 Å². The first kappa shape index (κ1) is 18.7. The number of hydrogen-bond acceptors (Lipinski definition) is 4. The Kier molecular flexibility index (Phi) is 5.22. The Morgan fingerprint density at radius 3 is 2.64 bits per heavy atom. The Bertz CT molecular complexity index is 840. The van der Waals surface area contributed by atoms with Crippen molar-refractivity contribution in [3.05, 3.63) is 59.5 Å². The van der Waals surface area contributed by atoms with Gasteiger partial charge >= 0.3 is 0 Å². The second-order valence-corrected chi connectivity index (χ2v) is 8.18. The second kappa shape index (κ2) is 7.80. The fourth-order valence-corrected chi connectivity index (χ4v) is 4.14. The van der Waals surface area contributed by atoms with Crippen LogP contribution in [0.25, 0.3) is 0 Å². The lowest BCUT2D eigenvalue weighted by Crippen LogP contribution is -2.54. The molecular formula is C22H27N3O3. The van der Waals surface area contributed by atoms with Crippen molar-refractivity contribution in [1.29, 1.82) is 0 Å². The molecular weight excluding hydrogens is 354 g/mol. The molecule has 2 amide bonds. The van der Waals surface area contributed by atoms with Crippen molar-refractivity contribution in [1.82, 2.24) is 15.5 Å². The SMILES string of the molecule is CC1(CNC(=O)C2Cc3ccccc3CN2C(=O)c2ccco2)CCNCC1. The van der Waals surface area contributed by atoms with Crippen LogP contribution in [0.3, 0.4) is 0 Å². The molecule has 6 heteroatoms. The van der Waals surface area contributed by atoms with E-state index in [4.69, 9.17) is 4.42 Å². The van der Waals surface area contributed by atoms with E-state index in [9.17, 15) is 9.59 Å². The van der Waals surface area contributed by atoms with Gasteiger partial charge in [0.1, 0.15) is 6.04 Å². The molecule has 6 nitrogen and oxygen atoms in total. The summed E-state index contributed by atoms with van der Waals surface area (Å²) in [6.45, 7) is 5.22. The number of piperidine rings is 1. The Morgan fingerprint density at radius 1 is 1.18 bits per heavy atom. The van der Waals surface area contributed by atoms with Crippen LogP contribution in [0.15, 0.2) is 47.1 Å². The molecule has 2 N–H and O–H groups in total. The number of nitrogens with one attached hydrogen (secondary N) is 2. The molecule has 0 saturated carbocycles. The van der Waals surface area contributed by atoms with Crippen LogP contribution in [0.2, 0.25) is 0 Å². The molecule has 2 aromatic rings. The van der Waals surface area contributed by atoms with Crippen molar-refractivity contribution < 1.29 is 14.0 Å². The number of amides is 2. The number of hydrogen-bond donors (Lipinski definition) is 2. The number of furan rings is 1. The van der Waals surface area contributed by atoms with Gasteiger partial charge in [0.25, 0.3) is 5.91 Å². The summed E-state index contributed by atoms with van der Waals surface area (Å²) >= 11 is 0. The summed E-state index contributed by atoms with van der Waals surface area (Å²) < 4.78 is 5.31. The maximum Gasteiger partial charge on any atom is 0.290 e. The summed E-state index contributed by atoms with van der Waals surface area (Å²) in [6, 6.07) is 10.8. The first-order valence-electron chi connectivity index (χ1n) is 9.95. The van der Waals surface area contributed by atoms with Crippen LogP contribution in [-0.2, 0) is 17.8 Å². The Labute approximate surface area is 165 Å². The van der Waals surface area contributed by atoms with Gasteiger partial charge in [0.05, 0.1) is 6.26 Å². The van der Waals surface area contributed by atoms with Gasteiger partial charge < -0.3 is 20.0 Å². The predicted molar refractivity (Wildman–Crippen MR) is 106 cm³/mol. The minimum atomic E-state index is -0.530. The smallest absolute Gasteiger partial charge is 0.290 e. The number of fused-ring (bicyclic) bond motifs is 1. The topological polar surface area (TPSA) is 74.6 Å². The zero-order valence-electron chi connectivity index (χ0n) is 16.2. The van der Waals surface area contributed by atoms with Crippen molar-refractivity contribution in [3.63, 3.8) is 0 Å². The summed E-state index contributed by atoms with van der Waals surface area (Å²) in [7, 11) is 0. The quantitative estimate of drug-likeness (QED) is 0.853. The summed E-state index contributed by atoms with van der Waals surface area (Å²) in [4.78, 5) is 27.8. The molecule has 1 aromatic carbocycles. The number of rotatable bonds is 4. The number of carbonyl (C=O) groups is 2. The summed E-state index contributed by atoms with van der Waals surface area (Å²) in [5.41, 5.74) is 2.31. The van der Waals surface area contributed by atoms with Crippen LogP contribution in [0.4, 0.5) is 0 Å². The summed E-state index contributed by atoms with van der Waals surface area (Å²) in [5, 5.41) is 6.50. The third-order valence-corrected chi connectivity index (χ3v) is 6.04. The van der Waals surface area contributed by atoms with E-state index in [1.165, 1.54) is 6.26 Å².